The Kier molecular flexibility index (Phi) is 8.44. The number of carbonyl (C=O) groups excluding carboxylic acids is 2. The molecule has 4 aliphatic rings. The van der Waals surface area contributed by atoms with Gasteiger partial charge in [0.25, 0.3) is 0 Å². The van der Waals surface area contributed by atoms with Gasteiger partial charge in [-0.25, -0.2) is 0 Å². The van der Waals surface area contributed by atoms with Crippen molar-refractivity contribution in [1.29, 1.82) is 0 Å². The third kappa shape index (κ3) is 5.65. The van der Waals surface area contributed by atoms with Crippen LogP contribution in [0.2, 0.25) is 0 Å². The first-order chi connectivity index (χ1) is 18.3. The normalized spacial score (nSPS) is 44.3. The molecule has 0 bridgehead atoms. The van der Waals surface area contributed by atoms with Crippen LogP contribution >= 0.6 is 0 Å². The molecule has 0 amide bonds. The van der Waals surface area contributed by atoms with E-state index in [9.17, 15) is 14.7 Å². The fraction of sp³-hybridized carbons (Fsp3) is 0.882. The van der Waals surface area contributed by atoms with E-state index in [0.29, 0.717) is 24.2 Å². The summed E-state index contributed by atoms with van der Waals surface area (Å²) in [5.74, 6) is 0.795. The van der Waals surface area contributed by atoms with Gasteiger partial charge in [-0.3, -0.25) is 9.59 Å². The molecule has 0 unspecified atom stereocenters. The van der Waals surface area contributed by atoms with Crippen molar-refractivity contribution >= 4 is 11.9 Å². The molecule has 9 atom stereocenters. The maximum absolute atomic E-state index is 12.0. The van der Waals surface area contributed by atoms with Crippen molar-refractivity contribution < 1.29 is 28.9 Å². The maximum Gasteiger partial charge on any atom is 0.303 e. The molecule has 0 aromatic rings. The monoisotopic (exact) mass is 560 g/mol. The number of ether oxygens (including phenoxy) is 3. The van der Waals surface area contributed by atoms with Crippen LogP contribution in [0.1, 0.15) is 127 Å². The molecule has 0 aromatic heterocycles. The first-order valence-electron chi connectivity index (χ1n) is 15.8. The second-order valence-corrected chi connectivity index (χ2v) is 15.6. The van der Waals surface area contributed by atoms with Crippen molar-refractivity contribution in [2.24, 2.45) is 34.5 Å². The van der Waals surface area contributed by atoms with E-state index in [1.807, 2.05) is 20.8 Å². The van der Waals surface area contributed by atoms with E-state index >= 15 is 0 Å². The average Bonchev–Trinajstić information content (AvgIpc) is 3.04. The van der Waals surface area contributed by atoms with Gasteiger partial charge in [0.15, 0.2) is 0 Å². The van der Waals surface area contributed by atoms with Gasteiger partial charge in [-0.15, -0.1) is 0 Å². The number of allylic oxidation sites excluding steroid dienone is 2. The minimum Gasteiger partial charge on any atom is -0.460 e. The highest BCUT2D eigenvalue weighted by Gasteiger charge is 2.58. The van der Waals surface area contributed by atoms with E-state index in [0.717, 1.165) is 51.4 Å². The summed E-state index contributed by atoms with van der Waals surface area (Å²) in [5, 5.41) is 11.9. The summed E-state index contributed by atoms with van der Waals surface area (Å²) in [4.78, 5) is 23.9. The lowest BCUT2D eigenvalue weighted by Gasteiger charge is -2.54. The largest absolute Gasteiger partial charge is 0.460 e. The Morgan fingerprint density at radius 1 is 0.925 bits per heavy atom. The summed E-state index contributed by atoms with van der Waals surface area (Å²) in [6.45, 7) is 20.7. The predicted molar refractivity (Wildman–Crippen MR) is 156 cm³/mol. The summed E-state index contributed by atoms with van der Waals surface area (Å²) in [5.41, 5.74) is -0.509. The highest BCUT2D eigenvalue weighted by Crippen LogP contribution is 2.60. The number of fused-ring (bicyclic) bond motifs is 2. The summed E-state index contributed by atoms with van der Waals surface area (Å²) in [7, 11) is 0. The standard InChI is InChI=1S/C34H56O6/c1-21-11-12-26-25(15-20-34(26,10)39-23(3)36)30(4,5)24(21)13-14-27-32(8)18-16-28(38-22(2)35)31(6,7)40-29(32)17-19-33(27,9)37/h11,24-29,37H,12-20H2,1-10H3/t24-,25+,26+,27+,28+,29+,32+,33-,34+/m1/s1. The van der Waals surface area contributed by atoms with Gasteiger partial charge in [0.1, 0.15) is 11.7 Å². The summed E-state index contributed by atoms with van der Waals surface area (Å²) < 4.78 is 18.5. The second-order valence-electron chi connectivity index (χ2n) is 15.6. The van der Waals surface area contributed by atoms with Gasteiger partial charge in [0.05, 0.1) is 17.3 Å². The molecule has 1 saturated heterocycles. The lowest BCUT2D eigenvalue weighted by molar-refractivity contribution is -0.211. The molecule has 3 fully saturated rings. The Balaban J connectivity index is 1.59. The number of hydrogen-bond acceptors (Lipinski definition) is 6. The Hall–Kier alpha value is -1.40. The minimum atomic E-state index is -0.781. The molecule has 3 aliphatic carbocycles. The van der Waals surface area contributed by atoms with Crippen molar-refractivity contribution in [3.8, 4) is 0 Å². The van der Waals surface area contributed by atoms with E-state index in [-0.39, 0.29) is 40.9 Å². The fourth-order valence-electron chi connectivity index (χ4n) is 9.91. The van der Waals surface area contributed by atoms with E-state index in [1.54, 1.807) is 0 Å². The highest BCUT2D eigenvalue weighted by atomic mass is 16.6. The highest BCUT2D eigenvalue weighted by molar-refractivity contribution is 5.66. The van der Waals surface area contributed by atoms with Crippen molar-refractivity contribution in [1.82, 2.24) is 0 Å². The van der Waals surface area contributed by atoms with Crippen LogP contribution in [-0.4, -0.2) is 46.1 Å². The van der Waals surface area contributed by atoms with E-state index < -0.39 is 16.8 Å². The third-order valence-electron chi connectivity index (χ3n) is 12.1. The smallest absolute Gasteiger partial charge is 0.303 e. The van der Waals surface area contributed by atoms with Crippen LogP contribution in [0.3, 0.4) is 0 Å². The first-order valence-corrected chi connectivity index (χ1v) is 15.8. The van der Waals surface area contributed by atoms with Crippen LogP contribution in [-0.2, 0) is 23.8 Å². The van der Waals surface area contributed by atoms with Crippen LogP contribution in [0.4, 0.5) is 0 Å². The van der Waals surface area contributed by atoms with Gasteiger partial charge in [-0.2, -0.15) is 0 Å². The van der Waals surface area contributed by atoms with Gasteiger partial charge in [-0.1, -0.05) is 32.4 Å². The number of hydrogen-bond donors (Lipinski definition) is 1. The average molecular weight is 561 g/mol. The van der Waals surface area contributed by atoms with E-state index in [2.05, 4.69) is 40.7 Å². The molecule has 2 saturated carbocycles. The van der Waals surface area contributed by atoms with Gasteiger partial charge >= 0.3 is 11.9 Å². The molecule has 1 N–H and O–H groups in total. The van der Waals surface area contributed by atoms with Crippen molar-refractivity contribution in [2.75, 3.05) is 0 Å². The van der Waals surface area contributed by atoms with Crippen LogP contribution < -0.4 is 0 Å². The van der Waals surface area contributed by atoms with Gasteiger partial charge in [0.2, 0.25) is 0 Å². The zero-order chi connectivity index (χ0) is 29.9. The molecule has 0 spiro atoms. The molecular weight excluding hydrogens is 504 g/mol. The summed E-state index contributed by atoms with van der Waals surface area (Å²) in [6, 6.07) is 0. The van der Waals surface area contributed by atoms with Crippen molar-refractivity contribution in [3.63, 3.8) is 0 Å². The topological polar surface area (TPSA) is 82.1 Å². The molecule has 4 rings (SSSR count). The Bertz CT molecular complexity index is 1010. The predicted octanol–water partition coefficient (Wildman–Crippen LogP) is 7.16. The van der Waals surface area contributed by atoms with Gasteiger partial charge in [0, 0.05) is 19.8 Å². The first kappa shape index (κ1) is 31.5. The number of esters is 2. The summed E-state index contributed by atoms with van der Waals surface area (Å²) >= 11 is 0. The molecule has 1 heterocycles. The van der Waals surface area contributed by atoms with Crippen LogP contribution in [0.25, 0.3) is 0 Å². The SMILES string of the molecule is CC(=O)O[C@H]1CC[C@]2(C)[C@H](CC[C@@](C)(O)[C@H]2CC[C@@H]2C(C)=CC[C@H]3[C@H](CC[C@]3(C)OC(C)=O)C2(C)C)OC1(C)C. The maximum atomic E-state index is 12.0. The zero-order valence-corrected chi connectivity index (χ0v) is 26.9. The fourth-order valence-corrected chi connectivity index (χ4v) is 9.91. The lowest BCUT2D eigenvalue weighted by atomic mass is 9.55. The van der Waals surface area contributed by atoms with Crippen LogP contribution in [0.5, 0.6) is 0 Å². The molecule has 40 heavy (non-hydrogen) atoms. The number of rotatable bonds is 5. The quantitative estimate of drug-likeness (QED) is 0.284. The second kappa shape index (κ2) is 10.7. The van der Waals surface area contributed by atoms with Gasteiger partial charge < -0.3 is 19.3 Å². The molecular formula is C34H56O6. The van der Waals surface area contributed by atoms with Crippen molar-refractivity contribution in [2.45, 2.75) is 156 Å². The number of aliphatic hydroxyl groups is 1. The number of carbonyl (C=O) groups is 2. The van der Waals surface area contributed by atoms with Crippen molar-refractivity contribution in [3.05, 3.63) is 11.6 Å². The van der Waals surface area contributed by atoms with Crippen LogP contribution in [0.15, 0.2) is 11.6 Å². The Labute approximate surface area is 243 Å². The Morgan fingerprint density at radius 3 is 2.23 bits per heavy atom. The van der Waals surface area contributed by atoms with E-state index in [4.69, 9.17) is 14.2 Å². The molecule has 6 nitrogen and oxygen atoms in total. The van der Waals surface area contributed by atoms with Gasteiger partial charge in [-0.05, 0) is 121 Å². The Morgan fingerprint density at radius 2 is 1.60 bits per heavy atom. The lowest BCUT2D eigenvalue weighted by Crippen LogP contribution is -2.56. The molecule has 6 heteroatoms. The van der Waals surface area contributed by atoms with Crippen LogP contribution in [0, 0.1) is 34.5 Å². The minimum absolute atomic E-state index is 0.00992. The molecule has 0 radical (unpaired) electrons. The third-order valence-corrected chi connectivity index (χ3v) is 12.1. The summed E-state index contributed by atoms with van der Waals surface area (Å²) in [6.07, 6.45) is 10.1. The molecule has 228 valence electrons. The molecule has 0 aromatic carbocycles. The molecule has 1 aliphatic heterocycles. The zero-order valence-electron chi connectivity index (χ0n) is 26.9. The van der Waals surface area contributed by atoms with E-state index in [1.165, 1.54) is 19.4 Å².